The number of amides is 1. The number of hydrogen-bond acceptors (Lipinski definition) is 2. The quantitative estimate of drug-likeness (QED) is 0.672. The van der Waals surface area contributed by atoms with Gasteiger partial charge in [-0.2, -0.15) is 0 Å². The average molecular weight is 196 g/mol. The molecule has 3 heteroatoms. The first-order valence-corrected chi connectivity index (χ1v) is 5.36. The first-order chi connectivity index (χ1) is 6.75. The van der Waals surface area contributed by atoms with Gasteiger partial charge in [-0.25, -0.2) is 0 Å². The Kier molecular flexibility index (Phi) is 4.66. The van der Waals surface area contributed by atoms with Gasteiger partial charge < -0.3 is 10.2 Å². The standard InChI is InChI=1S/C11H20N2O/c1-3-5-11(14)13(2)10-6-4-8-12-9-7-10/h3,5,10,12H,4,6-9H2,1-2H3/b5-3+. The summed E-state index contributed by atoms with van der Waals surface area (Å²) in [6.07, 6.45) is 6.79. The van der Waals surface area contributed by atoms with Crippen molar-refractivity contribution in [3.63, 3.8) is 0 Å². The third-order valence-electron chi connectivity index (χ3n) is 2.75. The molecule has 0 saturated carbocycles. The van der Waals surface area contributed by atoms with Crippen molar-refractivity contribution in [2.75, 3.05) is 20.1 Å². The normalized spacial score (nSPS) is 23.4. The number of allylic oxidation sites excluding steroid dienone is 1. The molecule has 80 valence electrons. The van der Waals surface area contributed by atoms with Crippen molar-refractivity contribution in [3.05, 3.63) is 12.2 Å². The van der Waals surface area contributed by atoms with E-state index in [-0.39, 0.29) is 5.91 Å². The van der Waals surface area contributed by atoms with Crippen molar-refractivity contribution < 1.29 is 4.79 Å². The van der Waals surface area contributed by atoms with E-state index >= 15 is 0 Å². The summed E-state index contributed by atoms with van der Waals surface area (Å²) in [5, 5.41) is 3.35. The van der Waals surface area contributed by atoms with Gasteiger partial charge in [-0.15, -0.1) is 0 Å². The minimum atomic E-state index is 0.124. The number of rotatable bonds is 2. The summed E-state index contributed by atoms with van der Waals surface area (Å²) in [6, 6.07) is 0.411. The van der Waals surface area contributed by atoms with Gasteiger partial charge in [-0.1, -0.05) is 6.08 Å². The van der Waals surface area contributed by atoms with Gasteiger partial charge in [0.1, 0.15) is 0 Å². The van der Waals surface area contributed by atoms with Crippen molar-refractivity contribution in [2.45, 2.75) is 32.2 Å². The minimum absolute atomic E-state index is 0.124. The second-order valence-electron chi connectivity index (χ2n) is 3.78. The molecule has 3 nitrogen and oxygen atoms in total. The number of carbonyl (C=O) groups excluding carboxylic acids is 1. The predicted molar refractivity (Wildman–Crippen MR) is 58.1 cm³/mol. The fourth-order valence-electron chi connectivity index (χ4n) is 1.83. The Balaban J connectivity index is 2.48. The third-order valence-corrected chi connectivity index (χ3v) is 2.75. The lowest BCUT2D eigenvalue weighted by atomic mass is 10.1. The first-order valence-electron chi connectivity index (χ1n) is 5.36. The molecule has 1 saturated heterocycles. The Bertz CT molecular complexity index is 205. The molecule has 1 aliphatic heterocycles. The molecule has 0 radical (unpaired) electrons. The lowest BCUT2D eigenvalue weighted by Crippen LogP contribution is -2.36. The van der Waals surface area contributed by atoms with Crippen LogP contribution in [0.15, 0.2) is 12.2 Å². The SMILES string of the molecule is C/C=C/C(=O)N(C)C1CCCNCC1. The van der Waals surface area contributed by atoms with Crippen LogP contribution in [0.4, 0.5) is 0 Å². The van der Waals surface area contributed by atoms with Gasteiger partial charge in [-0.05, 0) is 45.4 Å². The average Bonchev–Trinajstić information content (AvgIpc) is 2.45. The zero-order valence-corrected chi connectivity index (χ0v) is 9.12. The lowest BCUT2D eigenvalue weighted by Gasteiger charge is -2.25. The number of carbonyl (C=O) groups is 1. The fourth-order valence-corrected chi connectivity index (χ4v) is 1.83. The predicted octanol–water partition coefficient (Wildman–Crippen LogP) is 1.16. The van der Waals surface area contributed by atoms with E-state index in [0.717, 1.165) is 32.4 Å². The molecule has 1 N–H and O–H groups in total. The van der Waals surface area contributed by atoms with E-state index in [1.54, 1.807) is 12.2 Å². The Morgan fingerprint density at radius 3 is 2.93 bits per heavy atom. The molecule has 1 heterocycles. The van der Waals surface area contributed by atoms with E-state index in [1.807, 2.05) is 18.9 Å². The van der Waals surface area contributed by atoms with Crippen LogP contribution in [0.1, 0.15) is 26.2 Å². The molecule has 0 spiro atoms. The van der Waals surface area contributed by atoms with E-state index in [2.05, 4.69) is 5.32 Å². The van der Waals surface area contributed by atoms with E-state index in [0.29, 0.717) is 6.04 Å². The maximum atomic E-state index is 11.6. The highest BCUT2D eigenvalue weighted by Crippen LogP contribution is 2.11. The summed E-state index contributed by atoms with van der Waals surface area (Å²) >= 11 is 0. The van der Waals surface area contributed by atoms with Crippen molar-refractivity contribution >= 4 is 5.91 Å². The van der Waals surface area contributed by atoms with Gasteiger partial charge >= 0.3 is 0 Å². The summed E-state index contributed by atoms with van der Waals surface area (Å²) in [7, 11) is 1.90. The molecular formula is C11H20N2O. The number of likely N-dealkylation sites (N-methyl/N-ethyl adjacent to an activating group) is 1. The molecule has 1 atom stereocenters. The van der Waals surface area contributed by atoms with Crippen LogP contribution in [0, 0.1) is 0 Å². The highest BCUT2D eigenvalue weighted by atomic mass is 16.2. The topological polar surface area (TPSA) is 32.3 Å². The summed E-state index contributed by atoms with van der Waals surface area (Å²) in [4.78, 5) is 13.4. The van der Waals surface area contributed by atoms with Gasteiger partial charge in [0.05, 0.1) is 0 Å². The van der Waals surface area contributed by atoms with Crippen LogP contribution in [-0.4, -0.2) is 37.0 Å². The Hall–Kier alpha value is -0.830. The second-order valence-corrected chi connectivity index (χ2v) is 3.78. The zero-order chi connectivity index (χ0) is 10.4. The Morgan fingerprint density at radius 2 is 2.21 bits per heavy atom. The van der Waals surface area contributed by atoms with E-state index < -0.39 is 0 Å². The molecule has 0 bridgehead atoms. The summed E-state index contributed by atoms with van der Waals surface area (Å²) in [5.41, 5.74) is 0. The maximum Gasteiger partial charge on any atom is 0.246 e. The number of hydrogen-bond donors (Lipinski definition) is 1. The van der Waals surface area contributed by atoms with Crippen LogP contribution in [0.2, 0.25) is 0 Å². The molecule has 14 heavy (non-hydrogen) atoms. The van der Waals surface area contributed by atoms with Crippen molar-refractivity contribution in [1.82, 2.24) is 10.2 Å². The van der Waals surface area contributed by atoms with E-state index in [9.17, 15) is 4.79 Å². The smallest absolute Gasteiger partial charge is 0.246 e. The van der Waals surface area contributed by atoms with Crippen LogP contribution < -0.4 is 5.32 Å². The minimum Gasteiger partial charge on any atom is -0.339 e. The molecule has 1 aliphatic rings. The van der Waals surface area contributed by atoms with E-state index in [4.69, 9.17) is 0 Å². The summed E-state index contributed by atoms with van der Waals surface area (Å²) in [5.74, 6) is 0.124. The molecule has 0 aliphatic carbocycles. The Labute approximate surface area is 86.2 Å². The van der Waals surface area contributed by atoms with E-state index in [1.165, 1.54) is 0 Å². The molecule has 1 amide bonds. The molecule has 0 aromatic rings. The first kappa shape index (κ1) is 11.2. The molecular weight excluding hydrogens is 176 g/mol. The van der Waals surface area contributed by atoms with Crippen LogP contribution in [0.5, 0.6) is 0 Å². The Morgan fingerprint density at radius 1 is 1.43 bits per heavy atom. The summed E-state index contributed by atoms with van der Waals surface area (Å²) in [6.45, 7) is 3.99. The van der Waals surface area contributed by atoms with Crippen molar-refractivity contribution in [2.24, 2.45) is 0 Å². The highest BCUT2D eigenvalue weighted by molar-refractivity contribution is 5.87. The van der Waals surface area contributed by atoms with Gasteiger partial charge in [0.2, 0.25) is 5.91 Å². The van der Waals surface area contributed by atoms with Gasteiger partial charge in [-0.3, -0.25) is 4.79 Å². The fraction of sp³-hybridized carbons (Fsp3) is 0.727. The monoisotopic (exact) mass is 196 g/mol. The van der Waals surface area contributed by atoms with Gasteiger partial charge in [0.25, 0.3) is 0 Å². The van der Waals surface area contributed by atoms with Crippen LogP contribution >= 0.6 is 0 Å². The highest BCUT2D eigenvalue weighted by Gasteiger charge is 2.18. The second kappa shape index (κ2) is 5.81. The molecule has 1 unspecified atom stereocenters. The summed E-state index contributed by atoms with van der Waals surface area (Å²) < 4.78 is 0. The third kappa shape index (κ3) is 3.14. The molecule has 0 aromatic heterocycles. The molecule has 1 fully saturated rings. The lowest BCUT2D eigenvalue weighted by molar-refractivity contribution is -0.126. The molecule has 0 aromatic carbocycles. The van der Waals surface area contributed by atoms with Gasteiger partial charge in [0, 0.05) is 13.1 Å². The maximum absolute atomic E-state index is 11.6. The van der Waals surface area contributed by atoms with Crippen LogP contribution in [-0.2, 0) is 4.79 Å². The van der Waals surface area contributed by atoms with Crippen LogP contribution in [0.3, 0.4) is 0 Å². The zero-order valence-electron chi connectivity index (χ0n) is 9.12. The number of nitrogens with one attached hydrogen (secondary N) is 1. The van der Waals surface area contributed by atoms with Gasteiger partial charge in [0.15, 0.2) is 0 Å². The largest absolute Gasteiger partial charge is 0.339 e. The van der Waals surface area contributed by atoms with Crippen LogP contribution in [0.25, 0.3) is 0 Å². The van der Waals surface area contributed by atoms with Crippen molar-refractivity contribution in [1.29, 1.82) is 0 Å². The van der Waals surface area contributed by atoms with Crippen molar-refractivity contribution in [3.8, 4) is 0 Å². The molecule has 1 rings (SSSR count). The number of nitrogens with zero attached hydrogens (tertiary/aromatic N) is 1.